The molecule has 0 N–H and O–H groups in total. The van der Waals surface area contributed by atoms with Crippen molar-refractivity contribution in [2.45, 2.75) is 38.8 Å². The number of hydrogen-bond donors (Lipinski definition) is 0. The Morgan fingerprint density at radius 3 is 2.83 bits per heavy atom. The summed E-state index contributed by atoms with van der Waals surface area (Å²) in [5.74, 6) is -0.399. The van der Waals surface area contributed by atoms with Gasteiger partial charge >= 0.3 is 6.18 Å². The van der Waals surface area contributed by atoms with Gasteiger partial charge in [-0.3, -0.25) is 9.78 Å². The van der Waals surface area contributed by atoms with Crippen molar-refractivity contribution in [1.29, 1.82) is 0 Å². The Labute approximate surface area is 176 Å². The summed E-state index contributed by atoms with van der Waals surface area (Å²) in [7, 11) is 0. The molecule has 0 fully saturated rings. The quantitative estimate of drug-likeness (QED) is 0.297. The SMILES string of the molecule is C=CO/N=C(\CCCC(F)(F)F)CC(=O)N(CC)c1cn(-c2cccnc2)nc1Cl. The smallest absolute Gasteiger partial charge is 0.366 e. The first kappa shape index (κ1) is 23.4. The Balaban J connectivity index is 2.15. The first-order valence-electron chi connectivity index (χ1n) is 9.10. The highest BCUT2D eigenvalue weighted by Gasteiger charge is 2.27. The summed E-state index contributed by atoms with van der Waals surface area (Å²) in [4.78, 5) is 23.0. The van der Waals surface area contributed by atoms with Gasteiger partial charge in [-0.2, -0.15) is 18.3 Å². The van der Waals surface area contributed by atoms with Gasteiger partial charge in [0.25, 0.3) is 0 Å². The van der Waals surface area contributed by atoms with Gasteiger partial charge in [-0.15, -0.1) is 0 Å². The summed E-state index contributed by atoms with van der Waals surface area (Å²) in [6.45, 7) is 5.35. The Hall–Kier alpha value is -2.88. The summed E-state index contributed by atoms with van der Waals surface area (Å²) >= 11 is 6.23. The van der Waals surface area contributed by atoms with Gasteiger partial charge in [-0.1, -0.05) is 23.3 Å². The van der Waals surface area contributed by atoms with Crippen molar-refractivity contribution in [2.75, 3.05) is 11.4 Å². The molecule has 11 heteroatoms. The number of aromatic nitrogens is 3. The molecule has 30 heavy (non-hydrogen) atoms. The standard InChI is InChI=1S/C19H21ClF3N5O2/c1-3-27(16-13-28(25-18(16)20)15-8-6-10-24-12-15)17(29)11-14(26-30-4-2)7-5-9-19(21,22)23/h4,6,8,10,12-13H,2-3,5,7,9,11H2,1H3/b26-14+. The molecule has 162 valence electrons. The molecule has 1 amide bonds. The van der Waals surface area contributed by atoms with Gasteiger partial charge in [-0.05, 0) is 31.9 Å². The van der Waals surface area contributed by atoms with Crippen LogP contribution in [0.25, 0.3) is 5.69 Å². The molecule has 0 spiro atoms. The number of carbonyl (C=O) groups is 1. The van der Waals surface area contributed by atoms with Gasteiger partial charge in [0.05, 0.1) is 30.2 Å². The lowest BCUT2D eigenvalue weighted by Crippen LogP contribution is -2.32. The van der Waals surface area contributed by atoms with Crippen LogP contribution in [0.4, 0.5) is 18.9 Å². The number of anilines is 1. The van der Waals surface area contributed by atoms with Crippen LogP contribution >= 0.6 is 11.6 Å². The third kappa shape index (κ3) is 6.87. The van der Waals surface area contributed by atoms with E-state index in [1.165, 1.54) is 9.58 Å². The molecular weight excluding hydrogens is 423 g/mol. The number of nitrogens with zero attached hydrogens (tertiary/aromatic N) is 5. The Morgan fingerprint density at radius 1 is 1.47 bits per heavy atom. The molecule has 2 aromatic rings. The number of alkyl halides is 3. The van der Waals surface area contributed by atoms with Crippen molar-refractivity contribution in [1.82, 2.24) is 14.8 Å². The lowest BCUT2D eigenvalue weighted by Gasteiger charge is -2.20. The van der Waals surface area contributed by atoms with Crippen LogP contribution < -0.4 is 4.90 Å². The molecule has 0 radical (unpaired) electrons. The van der Waals surface area contributed by atoms with E-state index in [0.717, 1.165) is 6.26 Å². The molecule has 0 atom stereocenters. The molecule has 0 unspecified atom stereocenters. The molecule has 2 rings (SSSR count). The first-order valence-corrected chi connectivity index (χ1v) is 9.48. The van der Waals surface area contributed by atoms with Gasteiger partial charge in [0.1, 0.15) is 11.9 Å². The van der Waals surface area contributed by atoms with E-state index in [9.17, 15) is 18.0 Å². The summed E-state index contributed by atoms with van der Waals surface area (Å²) in [5, 5.41) is 8.01. The Kier molecular flexibility index (Phi) is 8.40. The number of halogens is 4. The molecule has 0 saturated heterocycles. The second-order valence-corrected chi connectivity index (χ2v) is 6.53. The van der Waals surface area contributed by atoms with Crippen molar-refractivity contribution in [3.05, 3.63) is 48.7 Å². The van der Waals surface area contributed by atoms with Gasteiger partial charge in [0, 0.05) is 19.2 Å². The number of rotatable bonds is 10. The Morgan fingerprint density at radius 2 is 2.23 bits per heavy atom. The molecule has 2 heterocycles. The van der Waals surface area contributed by atoms with Crippen LogP contribution in [0.3, 0.4) is 0 Å². The van der Waals surface area contributed by atoms with Crippen LogP contribution in [0.1, 0.15) is 32.6 Å². The van der Waals surface area contributed by atoms with E-state index in [1.807, 2.05) is 0 Å². The fourth-order valence-electron chi connectivity index (χ4n) is 2.67. The highest BCUT2D eigenvalue weighted by atomic mass is 35.5. The molecule has 0 aliphatic heterocycles. The van der Waals surface area contributed by atoms with Crippen molar-refractivity contribution < 1.29 is 22.8 Å². The molecule has 0 aliphatic rings. The van der Waals surface area contributed by atoms with E-state index in [4.69, 9.17) is 16.4 Å². The number of pyridine rings is 1. The summed E-state index contributed by atoms with van der Waals surface area (Å²) in [6.07, 6.45) is 0.0800. The van der Waals surface area contributed by atoms with Crippen molar-refractivity contribution in [3.63, 3.8) is 0 Å². The summed E-state index contributed by atoms with van der Waals surface area (Å²) in [5.41, 5.74) is 1.20. The maximum atomic E-state index is 12.8. The highest BCUT2D eigenvalue weighted by molar-refractivity contribution is 6.32. The largest absolute Gasteiger partial charge is 0.389 e. The van der Waals surface area contributed by atoms with E-state index in [-0.39, 0.29) is 36.7 Å². The molecular formula is C19H21ClF3N5O2. The van der Waals surface area contributed by atoms with E-state index in [0.29, 0.717) is 11.4 Å². The van der Waals surface area contributed by atoms with Crippen LogP contribution in [-0.2, 0) is 9.63 Å². The fraction of sp³-hybridized carbons (Fsp3) is 0.368. The topological polar surface area (TPSA) is 72.6 Å². The van der Waals surface area contributed by atoms with E-state index < -0.39 is 18.5 Å². The van der Waals surface area contributed by atoms with Crippen LogP contribution in [0.5, 0.6) is 0 Å². The van der Waals surface area contributed by atoms with E-state index in [2.05, 4.69) is 21.8 Å². The number of oxime groups is 1. The third-order valence-corrected chi connectivity index (χ3v) is 4.28. The lowest BCUT2D eigenvalue weighted by molar-refractivity contribution is -0.135. The molecule has 7 nitrogen and oxygen atoms in total. The fourth-order valence-corrected chi connectivity index (χ4v) is 2.90. The van der Waals surface area contributed by atoms with Gasteiger partial charge in [-0.25, -0.2) is 4.68 Å². The molecule has 0 aliphatic carbocycles. The molecule has 2 aromatic heterocycles. The Bertz CT molecular complexity index is 884. The zero-order valence-electron chi connectivity index (χ0n) is 16.3. The maximum absolute atomic E-state index is 12.8. The minimum atomic E-state index is -4.28. The maximum Gasteiger partial charge on any atom is 0.389 e. The first-order chi connectivity index (χ1) is 14.2. The van der Waals surface area contributed by atoms with Crippen molar-refractivity contribution >= 4 is 28.9 Å². The van der Waals surface area contributed by atoms with Crippen LogP contribution in [0.15, 0.2) is 48.7 Å². The minimum absolute atomic E-state index is 0.0423. The third-order valence-electron chi connectivity index (χ3n) is 4.01. The van der Waals surface area contributed by atoms with Crippen molar-refractivity contribution in [2.24, 2.45) is 5.16 Å². The highest BCUT2D eigenvalue weighted by Crippen LogP contribution is 2.27. The summed E-state index contributed by atoms with van der Waals surface area (Å²) < 4.78 is 38.7. The molecule has 0 saturated carbocycles. The normalized spacial score (nSPS) is 12.0. The van der Waals surface area contributed by atoms with Gasteiger partial charge in [0.15, 0.2) is 5.15 Å². The molecule has 0 bridgehead atoms. The van der Waals surface area contributed by atoms with Crippen molar-refractivity contribution in [3.8, 4) is 5.69 Å². The predicted molar refractivity (Wildman–Crippen MR) is 108 cm³/mol. The second-order valence-electron chi connectivity index (χ2n) is 6.17. The van der Waals surface area contributed by atoms with Crippen LogP contribution in [0.2, 0.25) is 5.15 Å². The summed E-state index contributed by atoms with van der Waals surface area (Å²) in [6, 6.07) is 3.51. The average Bonchev–Trinajstić information content (AvgIpc) is 3.08. The molecule has 0 aromatic carbocycles. The van der Waals surface area contributed by atoms with Gasteiger partial charge < -0.3 is 9.74 Å². The van der Waals surface area contributed by atoms with E-state index >= 15 is 0 Å². The minimum Gasteiger partial charge on any atom is -0.366 e. The van der Waals surface area contributed by atoms with Crippen LogP contribution in [-0.4, -0.2) is 39.1 Å². The number of hydrogen-bond acceptors (Lipinski definition) is 5. The van der Waals surface area contributed by atoms with Gasteiger partial charge in [0.2, 0.25) is 5.91 Å². The average molecular weight is 444 g/mol. The van der Waals surface area contributed by atoms with E-state index in [1.54, 1.807) is 37.6 Å². The zero-order valence-corrected chi connectivity index (χ0v) is 17.0. The number of carbonyl (C=O) groups excluding carboxylic acids is 1. The lowest BCUT2D eigenvalue weighted by atomic mass is 10.1. The van der Waals surface area contributed by atoms with Crippen LogP contribution in [0, 0.1) is 0 Å². The second kappa shape index (κ2) is 10.8. The number of amides is 1. The predicted octanol–water partition coefficient (Wildman–Crippen LogP) is 4.91. The zero-order chi connectivity index (χ0) is 22.1. The monoisotopic (exact) mass is 443 g/mol.